The molecule has 2 aliphatic rings. The Hall–Kier alpha value is -1.35. The number of benzene rings is 1. The molecule has 0 radical (unpaired) electrons. The van der Waals surface area contributed by atoms with E-state index in [0.717, 1.165) is 57.3 Å². The molecule has 1 fully saturated rings. The number of nitrogens with zero attached hydrogens (tertiary/aromatic N) is 1. The number of fused-ring (bicyclic) bond motifs is 1. The van der Waals surface area contributed by atoms with Crippen molar-refractivity contribution in [3.63, 3.8) is 0 Å². The van der Waals surface area contributed by atoms with E-state index in [0.29, 0.717) is 11.8 Å². The van der Waals surface area contributed by atoms with E-state index >= 15 is 0 Å². The fourth-order valence-electron chi connectivity index (χ4n) is 3.82. The Labute approximate surface area is 127 Å². The zero-order valence-electron chi connectivity index (χ0n) is 13.0. The van der Waals surface area contributed by atoms with E-state index in [1.807, 2.05) is 4.90 Å². The fraction of sp³-hybridized carbons (Fsp3) is 0.611. The molecule has 21 heavy (non-hydrogen) atoms. The molecule has 0 saturated heterocycles. The van der Waals surface area contributed by atoms with Crippen molar-refractivity contribution >= 4 is 11.6 Å². The van der Waals surface area contributed by atoms with Gasteiger partial charge in [-0.15, -0.1) is 0 Å². The van der Waals surface area contributed by atoms with Crippen LogP contribution in [0, 0.1) is 18.8 Å². The second-order valence-corrected chi connectivity index (χ2v) is 6.68. The monoisotopic (exact) mass is 286 g/mol. The van der Waals surface area contributed by atoms with Crippen LogP contribution < -0.4 is 10.6 Å². The van der Waals surface area contributed by atoms with Crippen molar-refractivity contribution in [3.05, 3.63) is 29.3 Å². The summed E-state index contributed by atoms with van der Waals surface area (Å²) in [6.45, 7) is 3.77. The lowest BCUT2D eigenvalue weighted by Gasteiger charge is -2.35. The molecule has 1 aromatic rings. The van der Waals surface area contributed by atoms with Gasteiger partial charge in [-0.3, -0.25) is 4.79 Å². The van der Waals surface area contributed by atoms with Crippen LogP contribution in [0.25, 0.3) is 0 Å². The van der Waals surface area contributed by atoms with Crippen LogP contribution >= 0.6 is 0 Å². The summed E-state index contributed by atoms with van der Waals surface area (Å²) in [6, 6.07) is 6.49. The van der Waals surface area contributed by atoms with Crippen LogP contribution in [0.1, 0.15) is 43.2 Å². The molecule has 3 rings (SSSR count). The molecule has 1 amide bonds. The standard InChI is InChI=1S/C18H26N2O/c1-13-4-9-17-16(11-13)3-2-10-20(17)18(21)15-7-5-14(12-19)6-8-15/h4,9,11,14-15H,2-3,5-8,10,12,19H2,1H3. The highest BCUT2D eigenvalue weighted by molar-refractivity contribution is 5.96. The predicted molar refractivity (Wildman–Crippen MR) is 86.4 cm³/mol. The topological polar surface area (TPSA) is 46.3 Å². The van der Waals surface area contributed by atoms with Gasteiger partial charge in [0.25, 0.3) is 0 Å². The number of carbonyl (C=O) groups is 1. The maximum Gasteiger partial charge on any atom is 0.230 e. The summed E-state index contributed by atoms with van der Waals surface area (Å²) in [5.74, 6) is 1.18. The summed E-state index contributed by atoms with van der Waals surface area (Å²) in [4.78, 5) is 14.9. The Balaban J connectivity index is 1.75. The zero-order valence-corrected chi connectivity index (χ0v) is 13.0. The van der Waals surface area contributed by atoms with Gasteiger partial charge < -0.3 is 10.6 Å². The van der Waals surface area contributed by atoms with Crippen molar-refractivity contribution in [1.82, 2.24) is 0 Å². The van der Waals surface area contributed by atoms with E-state index < -0.39 is 0 Å². The second kappa shape index (κ2) is 6.18. The van der Waals surface area contributed by atoms with Crippen LogP contribution in [0.5, 0.6) is 0 Å². The van der Waals surface area contributed by atoms with Crippen molar-refractivity contribution in [2.24, 2.45) is 17.6 Å². The lowest BCUT2D eigenvalue weighted by atomic mass is 9.81. The predicted octanol–water partition coefficient (Wildman–Crippen LogP) is 3.04. The first-order valence-corrected chi connectivity index (χ1v) is 8.30. The highest BCUT2D eigenvalue weighted by Gasteiger charge is 2.31. The lowest BCUT2D eigenvalue weighted by molar-refractivity contribution is -0.123. The maximum atomic E-state index is 12.9. The molecule has 1 heterocycles. The Morgan fingerprint density at radius 1 is 1.29 bits per heavy atom. The number of hydrogen-bond acceptors (Lipinski definition) is 2. The molecule has 3 nitrogen and oxygen atoms in total. The average molecular weight is 286 g/mol. The smallest absolute Gasteiger partial charge is 0.230 e. The quantitative estimate of drug-likeness (QED) is 0.908. The molecule has 0 unspecified atom stereocenters. The van der Waals surface area contributed by atoms with Crippen molar-refractivity contribution in [2.45, 2.75) is 45.4 Å². The second-order valence-electron chi connectivity index (χ2n) is 6.68. The number of anilines is 1. The number of amides is 1. The largest absolute Gasteiger partial charge is 0.330 e. The number of carbonyl (C=O) groups excluding carboxylic acids is 1. The minimum Gasteiger partial charge on any atom is -0.330 e. The fourth-order valence-corrected chi connectivity index (χ4v) is 3.82. The SMILES string of the molecule is Cc1ccc2c(c1)CCCN2C(=O)C1CCC(CN)CC1. The molecule has 1 aliphatic heterocycles. The minimum atomic E-state index is 0.208. The zero-order chi connectivity index (χ0) is 14.8. The normalized spacial score (nSPS) is 25.5. The highest BCUT2D eigenvalue weighted by atomic mass is 16.2. The van der Waals surface area contributed by atoms with Gasteiger partial charge in [0, 0.05) is 18.2 Å². The van der Waals surface area contributed by atoms with Gasteiger partial charge in [-0.05, 0) is 69.5 Å². The molecule has 114 valence electrons. The van der Waals surface area contributed by atoms with E-state index in [4.69, 9.17) is 5.73 Å². The van der Waals surface area contributed by atoms with Gasteiger partial charge in [0.2, 0.25) is 5.91 Å². The molecule has 0 spiro atoms. The summed E-state index contributed by atoms with van der Waals surface area (Å²) in [7, 11) is 0. The summed E-state index contributed by atoms with van der Waals surface area (Å²) in [6.07, 6.45) is 6.43. The maximum absolute atomic E-state index is 12.9. The number of nitrogens with two attached hydrogens (primary N) is 1. The molecule has 0 atom stereocenters. The third-order valence-electron chi connectivity index (χ3n) is 5.15. The van der Waals surface area contributed by atoms with E-state index in [1.165, 1.54) is 11.1 Å². The average Bonchev–Trinajstić information content (AvgIpc) is 2.53. The van der Waals surface area contributed by atoms with Gasteiger partial charge >= 0.3 is 0 Å². The molecular formula is C18H26N2O. The van der Waals surface area contributed by atoms with Crippen LogP contribution in [0.15, 0.2) is 18.2 Å². The van der Waals surface area contributed by atoms with Crippen molar-refractivity contribution < 1.29 is 4.79 Å². The molecule has 0 aromatic heterocycles. The minimum absolute atomic E-state index is 0.208. The molecule has 3 heteroatoms. The summed E-state index contributed by atoms with van der Waals surface area (Å²) < 4.78 is 0. The van der Waals surface area contributed by atoms with Gasteiger partial charge in [-0.1, -0.05) is 17.7 Å². The van der Waals surface area contributed by atoms with E-state index in [9.17, 15) is 4.79 Å². The molecule has 2 N–H and O–H groups in total. The van der Waals surface area contributed by atoms with Crippen LogP contribution in [0.4, 0.5) is 5.69 Å². The molecule has 1 saturated carbocycles. The van der Waals surface area contributed by atoms with Crippen LogP contribution in [-0.2, 0) is 11.2 Å². The van der Waals surface area contributed by atoms with Crippen LogP contribution in [-0.4, -0.2) is 19.0 Å². The van der Waals surface area contributed by atoms with Gasteiger partial charge in [-0.25, -0.2) is 0 Å². The van der Waals surface area contributed by atoms with Crippen molar-refractivity contribution in [2.75, 3.05) is 18.0 Å². The highest BCUT2D eigenvalue weighted by Crippen LogP contribution is 2.34. The Morgan fingerprint density at radius 3 is 2.76 bits per heavy atom. The Morgan fingerprint density at radius 2 is 2.05 bits per heavy atom. The molecule has 0 bridgehead atoms. The van der Waals surface area contributed by atoms with E-state index in [1.54, 1.807) is 0 Å². The third-order valence-corrected chi connectivity index (χ3v) is 5.15. The van der Waals surface area contributed by atoms with Crippen LogP contribution in [0.2, 0.25) is 0 Å². The first-order chi connectivity index (χ1) is 10.2. The Bertz CT molecular complexity index is 518. The summed E-state index contributed by atoms with van der Waals surface area (Å²) in [5, 5.41) is 0. The number of rotatable bonds is 2. The van der Waals surface area contributed by atoms with Crippen LogP contribution in [0.3, 0.4) is 0 Å². The number of hydrogen-bond donors (Lipinski definition) is 1. The van der Waals surface area contributed by atoms with Gasteiger partial charge in [0.15, 0.2) is 0 Å². The summed E-state index contributed by atoms with van der Waals surface area (Å²) in [5.41, 5.74) is 9.52. The molecule has 1 aliphatic carbocycles. The van der Waals surface area contributed by atoms with E-state index in [2.05, 4.69) is 25.1 Å². The Kier molecular flexibility index (Phi) is 4.29. The lowest BCUT2D eigenvalue weighted by Crippen LogP contribution is -2.41. The van der Waals surface area contributed by atoms with Crippen molar-refractivity contribution in [1.29, 1.82) is 0 Å². The molecule has 1 aromatic carbocycles. The third kappa shape index (κ3) is 2.98. The summed E-state index contributed by atoms with van der Waals surface area (Å²) >= 11 is 0. The first-order valence-electron chi connectivity index (χ1n) is 8.30. The molecular weight excluding hydrogens is 260 g/mol. The van der Waals surface area contributed by atoms with Gasteiger partial charge in [-0.2, -0.15) is 0 Å². The number of aryl methyl sites for hydroxylation is 2. The first kappa shape index (κ1) is 14.6. The van der Waals surface area contributed by atoms with Gasteiger partial charge in [0.05, 0.1) is 0 Å². The van der Waals surface area contributed by atoms with E-state index in [-0.39, 0.29) is 5.92 Å². The van der Waals surface area contributed by atoms with Crippen molar-refractivity contribution in [3.8, 4) is 0 Å². The van der Waals surface area contributed by atoms with Gasteiger partial charge in [0.1, 0.15) is 0 Å².